The summed E-state index contributed by atoms with van der Waals surface area (Å²) >= 11 is 0. The predicted molar refractivity (Wildman–Crippen MR) is 96.2 cm³/mol. The predicted octanol–water partition coefficient (Wildman–Crippen LogP) is 3.81. The number of hydrogen-bond acceptors (Lipinski definition) is 4. The Bertz CT molecular complexity index is 579. The monoisotopic (exact) mass is 347 g/mol. The Balaban J connectivity index is 2.22. The van der Waals surface area contributed by atoms with Crippen LogP contribution in [0.3, 0.4) is 0 Å². The minimum absolute atomic E-state index is 0.198. The van der Waals surface area contributed by atoms with Gasteiger partial charge in [0.2, 0.25) is 0 Å². The molecule has 0 bridgehead atoms. The van der Waals surface area contributed by atoms with E-state index in [1.54, 1.807) is 4.90 Å². The minimum Gasteiger partial charge on any atom is -0.469 e. The van der Waals surface area contributed by atoms with E-state index in [2.05, 4.69) is 0 Å². The number of rotatable bonds is 4. The summed E-state index contributed by atoms with van der Waals surface area (Å²) in [6, 6.07) is 9.65. The third-order valence-corrected chi connectivity index (χ3v) is 4.44. The maximum atomic E-state index is 12.6. The highest BCUT2D eigenvalue weighted by atomic mass is 16.6. The van der Waals surface area contributed by atoms with Crippen molar-refractivity contribution in [1.29, 1.82) is 0 Å². The molecule has 0 saturated carbocycles. The molecule has 138 valence electrons. The molecule has 0 N–H and O–H groups in total. The second kappa shape index (κ2) is 8.37. The molecule has 1 fully saturated rings. The number of amides is 1. The fourth-order valence-electron chi connectivity index (χ4n) is 3.32. The molecular formula is C20H29NO4. The molecule has 1 aromatic carbocycles. The molecule has 1 aliphatic heterocycles. The molecule has 2 atom stereocenters. The second-order valence-corrected chi connectivity index (χ2v) is 7.56. The first-order chi connectivity index (χ1) is 11.8. The fourth-order valence-corrected chi connectivity index (χ4v) is 3.32. The van der Waals surface area contributed by atoms with Crippen molar-refractivity contribution in [3.05, 3.63) is 35.9 Å². The molecular weight excluding hydrogens is 318 g/mol. The number of likely N-dealkylation sites (tertiary alicyclic amines) is 1. The molecule has 0 radical (unpaired) electrons. The number of carbonyl (C=O) groups excluding carboxylic acids is 2. The molecule has 0 aromatic heterocycles. The van der Waals surface area contributed by atoms with Crippen LogP contribution in [0.4, 0.5) is 4.79 Å². The molecule has 0 aliphatic carbocycles. The van der Waals surface area contributed by atoms with E-state index in [9.17, 15) is 9.59 Å². The molecule has 1 amide bonds. The van der Waals surface area contributed by atoms with Crippen LogP contribution in [0.2, 0.25) is 0 Å². The maximum absolute atomic E-state index is 12.6. The molecule has 1 saturated heterocycles. The van der Waals surface area contributed by atoms with Gasteiger partial charge in [-0.2, -0.15) is 0 Å². The molecule has 1 heterocycles. The Labute approximate surface area is 150 Å². The summed E-state index contributed by atoms with van der Waals surface area (Å²) < 4.78 is 10.6. The van der Waals surface area contributed by atoms with Gasteiger partial charge in [-0.15, -0.1) is 0 Å². The van der Waals surface area contributed by atoms with Crippen molar-refractivity contribution >= 4 is 12.1 Å². The average Bonchev–Trinajstić information content (AvgIpc) is 2.58. The summed E-state index contributed by atoms with van der Waals surface area (Å²) in [5.74, 6) is -0.662. The van der Waals surface area contributed by atoms with Crippen molar-refractivity contribution in [2.45, 2.75) is 58.1 Å². The Morgan fingerprint density at radius 3 is 2.48 bits per heavy atom. The maximum Gasteiger partial charge on any atom is 0.410 e. The van der Waals surface area contributed by atoms with Crippen LogP contribution in [0.15, 0.2) is 30.3 Å². The van der Waals surface area contributed by atoms with Gasteiger partial charge >= 0.3 is 12.1 Å². The summed E-state index contributed by atoms with van der Waals surface area (Å²) in [4.78, 5) is 26.8. The van der Waals surface area contributed by atoms with Crippen LogP contribution in [-0.4, -0.2) is 42.3 Å². The first kappa shape index (κ1) is 19.3. The summed E-state index contributed by atoms with van der Waals surface area (Å²) in [6.07, 6.45) is 2.91. The van der Waals surface area contributed by atoms with Crippen LogP contribution >= 0.6 is 0 Å². The van der Waals surface area contributed by atoms with E-state index in [4.69, 9.17) is 9.47 Å². The van der Waals surface area contributed by atoms with E-state index in [1.165, 1.54) is 7.11 Å². The van der Waals surface area contributed by atoms with Crippen LogP contribution in [0, 0.1) is 5.92 Å². The summed E-state index contributed by atoms with van der Waals surface area (Å²) in [5, 5.41) is 0. The van der Waals surface area contributed by atoms with Crippen LogP contribution < -0.4 is 0 Å². The zero-order valence-corrected chi connectivity index (χ0v) is 15.7. The van der Waals surface area contributed by atoms with Gasteiger partial charge in [0.25, 0.3) is 0 Å². The lowest BCUT2D eigenvalue weighted by Gasteiger charge is -2.39. The second-order valence-electron chi connectivity index (χ2n) is 7.56. The number of carbonyl (C=O) groups is 2. The van der Waals surface area contributed by atoms with Crippen molar-refractivity contribution in [1.82, 2.24) is 4.90 Å². The van der Waals surface area contributed by atoms with Crippen LogP contribution in [0.1, 0.15) is 45.6 Å². The van der Waals surface area contributed by atoms with Gasteiger partial charge in [0.05, 0.1) is 13.0 Å². The Morgan fingerprint density at radius 2 is 1.88 bits per heavy atom. The molecule has 5 heteroatoms. The molecule has 0 spiro atoms. The lowest BCUT2D eigenvalue weighted by atomic mass is 9.86. The van der Waals surface area contributed by atoms with Crippen molar-refractivity contribution in [3.63, 3.8) is 0 Å². The van der Waals surface area contributed by atoms with Gasteiger partial charge < -0.3 is 14.4 Å². The third kappa shape index (κ3) is 5.48. The SMILES string of the molecule is COC(=O)[C@@H](Cc1ccccc1)[C@@H]1CCCCN1C(=O)OC(C)(C)C. The van der Waals surface area contributed by atoms with Crippen molar-refractivity contribution < 1.29 is 19.1 Å². The van der Waals surface area contributed by atoms with Crippen molar-refractivity contribution in [2.75, 3.05) is 13.7 Å². The number of benzene rings is 1. The average molecular weight is 347 g/mol. The van der Waals surface area contributed by atoms with Gasteiger partial charge in [-0.25, -0.2) is 4.79 Å². The number of ether oxygens (including phenoxy) is 2. The van der Waals surface area contributed by atoms with Crippen molar-refractivity contribution in [3.8, 4) is 0 Å². The molecule has 25 heavy (non-hydrogen) atoms. The largest absolute Gasteiger partial charge is 0.469 e. The standard InChI is InChI=1S/C20H29NO4/c1-20(2,3)25-19(23)21-13-9-8-12-17(21)16(18(22)24-4)14-15-10-6-5-7-11-15/h5-7,10-11,16-17H,8-9,12-14H2,1-4H3/t16-,17-/m0/s1. The van der Waals surface area contributed by atoms with Gasteiger partial charge in [-0.05, 0) is 52.0 Å². The molecule has 0 unspecified atom stereocenters. The van der Waals surface area contributed by atoms with Gasteiger partial charge in [0.1, 0.15) is 5.60 Å². The quantitative estimate of drug-likeness (QED) is 0.777. The van der Waals surface area contributed by atoms with Gasteiger partial charge in [0.15, 0.2) is 0 Å². The highest BCUT2D eigenvalue weighted by Gasteiger charge is 2.39. The number of piperidine rings is 1. The van der Waals surface area contributed by atoms with E-state index in [0.717, 1.165) is 24.8 Å². The molecule has 1 aromatic rings. The third-order valence-electron chi connectivity index (χ3n) is 4.44. The minimum atomic E-state index is -0.556. The van der Waals surface area contributed by atoms with Crippen LogP contribution in [-0.2, 0) is 20.7 Å². The van der Waals surface area contributed by atoms with Crippen LogP contribution in [0.5, 0.6) is 0 Å². The molecule has 2 rings (SSSR count). The van der Waals surface area contributed by atoms with Gasteiger partial charge in [0, 0.05) is 12.6 Å². The van der Waals surface area contributed by atoms with E-state index >= 15 is 0 Å². The first-order valence-corrected chi connectivity index (χ1v) is 8.93. The summed E-state index contributed by atoms with van der Waals surface area (Å²) in [5.41, 5.74) is 0.506. The smallest absolute Gasteiger partial charge is 0.410 e. The lowest BCUT2D eigenvalue weighted by Crippen LogP contribution is -2.51. The van der Waals surface area contributed by atoms with Gasteiger partial charge in [-0.3, -0.25) is 4.79 Å². The summed E-state index contributed by atoms with van der Waals surface area (Å²) in [6.45, 7) is 6.17. The highest BCUT2D eigenvalue weighted by Crippen LogP contribution is 2.28. The zero-order valence-electron chi connectivity index (χ0n) is 15.7. The molecule has 1 aliphatic rings. The Hall–Kier alpha value is -2.04. The topological polar surface area (TPSA) is 55.8 Å². The highest BCUT2D eigenvalue weighted by molar-refractivity contribution is 5.75. The lowest BCUT2D eigenvalue weighted by molar-refractivity contribution is -0.148. The Kier molecular flexibility index (Phi) is 6.45. The first-order valence-electron chi connectivity index (χ1n) is 8.93. The Morgan fingerprint density at radius 1 is 1.20 bits per heavy atom. The normalized spacial score (nSPS) is 19.2. The fraction of sp³-hybridized carbons (Fsp3) is 0.600. The van der Waals surface area contributed by atoms with Crippen molar-refractivity contribution in [2.24, 2.45) is 5.92 Å². The summed E-state index contributed by atoms with van der Waals surface area (Å²) in [7, 11) is 1.40. The van der Waals surface area contributed by atoms with E-state index in [1.807, 2.05) is 51.1 Å². The number of hydrogen-bond donors (Lipinski definition) is 0. The van der Waals surface area contributed by atoms with E-state index in [0.29, 0.717) is 13.0 Å². The number of esters is 1. The van der Waals surface area contributed by atoms with Gasteiger partial charge in [-0.1, -0.05) is 30.3 Å². The van der Waals surface area contributed by atoms with E-state index < -0.39 is 5.60 Å². The number of nitrogens with zero attached hydrogens (tertiary/aromatic N) is 1. The molecule has 5 nitrogen and oxygen atoms in total. The van der Waals surface area contributed by atoms with E-state index in [-0.39, 0.29) is 24.0 Å². The van der Waals surface area contributed by atoms with Crippen LogP contribution in [0.25, 0.3) is 0 Å². The number of methoxy groups -OCH3 is 1. The zero-order chi connectivity index (χ0) is 18.4.